The maximum Gasteiger partial charge on any atom is 0.0575 e. The first-order chi connectivity index (χ1) is 3.10. The van der Waals surface area contributed by atoms with Crippen molar-refractivity contribution in [3.63, 3.8) is 0 Å². The number of hydrogen-bond donors (Lipinski definition) is 2. The normalized spacial score (nSPS) is 44.6. The van der Waals surface area contributed by atoms with Crippen LogP contribution < -0.4 is 5.73 Å². The monoisotopic (exact) mass is 137 g/mol. The van der Waals surface area contributed by atoms with Crippen molar-refractivity contribution in [3.8, 4) is 0 Å². The SMILES string of the molecule is C[C@]1(N)C[C@H](O)C1.Cl. The Balaban J connectivity index is 0.000000490. The third-order valence-electron chi connectivity index (χ3n) is 1.40. The van der Waals surface area contributed by atoms with Gasteiger partial charge < -0.3 is 10.8 Å². The lowest BCUT2D eigenvalue weighted by Crippen LogP contribution is -2.51. The van der Waals surface area contributed by atoms with Gasteiger partial charge in [0.15, 0.2) is 0 Å². The molecule has 8 heavy (non-hydrogen) atoms. The van der Waals surface area contributed by atoms with Gasteiger partial charge in [0.25, 0.3) is 0 Å². The fourth-order valence-electron chi connectivity index (χ4n) is 1.02. The molecule has 1 aliphatic rings. The standard InChI is InChI=1S/C5H11NO.ClH/c1-5(6)2-4(7)3-5;/h4,7H,2-3,6H2,1H3;1H/t4-,5-;. The highest BCUT2D eigenvalue weighted by molar-refractivity contribution is 5.85. The first-order valence-corrected chi connectivity index (χ1v) is 2.57. The van der Waals surface area contributed by atoms with Crippen molar-refractivity contribution >= 4 is 12.4 Å². The van der Waals surface area contributed by atoms with Crippen LogP contribution in [0.5, 0.6) is 0 Å². The van der Waals surface area contributed by atoms with Crippen LogP contribution in [0.1, 0.15) is 19.8 Å². The third kappa shape index (κ3) is 1.62. The summed E-state index contributed by atoms with van der Waals surface area (Å²) in [5, 5.41) is 8.70. The summed E-state index contributed by atoms with van der Waals surface area (Å²) in [5.74, 6) is 0. The van der Waals surface area contributed by atoms with Gasteiger partial charge in [0.1, 0.15) is 0 Å². The summed E-state index contributed by atoms with van der Waals surface area (Å²) >= 11 is 0. The van der Waals surface area contributed by atoms with Crippen LogP contribution >= 0.6 is 12.4 Å². The minimum atomic E-state index is -0.116. The molecule has 0 aromatic rings. The van der Waals surface area contributed by atoms with Crippen LogP contribution in [0, 0.1) is 0 Å². The van der Waals surface area contributed by atoms with Crippen LogP contribution in [-0.4, -0.2) is 16.7 Å². The Hall–Kier alpha value is 0.210. The maximum absolute atomic E-state index is 8.70. The van der Waals surface area contributed by atoms with E-state index in [0.29, 0.717) is 0 Å². The van der Waals surface area contributed by atoms with Gasteiger partial charge in [-0.05, 0) is 19.8 Å². The minimum absolute atomic E-state index is 0. The minimum Gasteiger partial charge on any atom is -0.393 e. The Morgan fingerprint density at radius 2 is 2.00 bits per heavy atom. The van der Waals surface area contributed by atoms with Crippen molar-refractivity contribution in [1.82, 2.24) is 0 Å². The summed E-state index contributed by atoms with van der Waals surface area (Å²) in [6.45, 7) is 1.96. The van der Waals surface area contributed by atoms with Crippen LogP contribution in [0.4, 0.5) is 0 Å². The van der Waals surface area contributed by atoms with Gasteiger partial charge in [-0.2, -0.15) is 0 Å². The summed E-state index contributed by atoms with van der Waals surface area (Å²) in [6.07, 6.45) is 1.43. The van der Waals surface area contributed by atoms with Crippen molar-refractivity contribution in [2.24, 2.45) is 5.73 Å². The van der Waals surface area contributed by atoms with E-state index < -0.39 is 0 Å². The highest BCUT2D eigenvalue weighted by Crippen LogP contribution is 2.28. The molecule has 3 N–H and O–H groups in total. The molecule has 1 aliphatic carbocycles. The van der Waals surface area contributed by atoms with Gasteiger partial charge in [0.2, 0.25) is 0 Å². The molecular formula is C5H12ClNO. The highest BCUT2D eigenvalue weighted by Gasteiger charge is 2.34. The van der Waals surface area contributed by atoms with Crippen LogP contribution in [0.15, 0.2) is 0 Å². The molecule has 0 radical (unpaired) electrons. The molecule has 1 saturated carbocycles. The molecule has 0 amide bonds. The number of aliphatic hydroxyl groups excluding tert-OH is 1. The van der Waals surface area contributed by atoms with Crippen molar-refractivity contribution in [1.29, 1.82) is 0 Å². The average Bonchev–Trinajstić information content (AvgIpc) is 1.27. The lowest BCUT2D eigenvalue weighted by Gasteiger charge is -2.38. The van der Waals surface area contributed by atoms with Gasteiger partial charge >= 0.3 is 0 Å². The average molecular weight is 138 g/mol. The van der Waals surface area contributed by atoms with E-state index in [1.54, 1.807) is 0 Å². The Kier molecular flexibility index (Phi) is 2.27. The molecule has 0 atom stereocenters. The summed E-state index contributed by atoms with van der Waals surface area (Å²) < 4.78 is 0. The number of aliphatic hydroxyl groups is 1. The van der Waals surface area contributed by atoms with Gasteiger partial charge in [-0.1, -0.05) is 0 Å². The molecule has 0 unspecified atom stereocenters. The van der Waals surface area contributed by atoms with Gasteiger partial charge in [0.05, 0.1) is 6.10 Å². The number of hydrogen-bond acceptors (Lipinski definition) is 2. The van der Waals surface area contributed by atoms with E-state index in [9.17, 15) is 0 Å². The molecular weight excluding hydrogens is 126 g/mol. The second-order valence-corrected chi connectivity index (χ2v) is 2.72. The van der Waals surface area contributed by atoms with Crippen molar-refractivity contribution in [2.75, 3.05) is 0 Å². The second kappa shape index (κ2) is 2.21. The Bertz CT molecular complexity index is 76.5. The van der Waals surface area contributed by atoms with Gasteiger partial charge in [0, 0.05) is 5.54 Å². The fraction of sp³-hybridized carbons (Fsp3) is 1.00. The van der Waals surface area contributed by atoms with Gasteiger partial charge in [-0.25, -0.2) is 0 Å². The molecule has 0 spiro atoms. The maximum atomic E-state index is 8.70. The topological polar surface area (TPSA) is 46.2 Å². The molecule has 0 aromatic carbocycles. The summed E-state index contributed by atoms with van der Waals surface area (Å²) in [6, 6.07) is 0. The Morgan fingerprint density at radius 3 is 2.00 bits per heavy atom. The second-order valence-electron chi connectivity index (χ2n) is 2.72. The van der Waals surface area contributed by atoms with Crippen molar-refractivity contribution in [2.45, 2.75) is 31.4 Å². The van der Waals surface area contributed by atoms with E-state index in [1.165, 1.54) is 0 Å². The molecule has 0 aliphatic heterocycles. The van der Waals surface area contributed by atoms with Gasteiger partial charge in [-0.15, -0.1) is 12.4 Å². The smallest absolute Gasteiger partial charge is 0.0575 e. The van der Waals surface area contributed by atoms with Crippen LogP contribution in [-0.2, 0) is 0 Å². The molecule has 1 rings (SSSR count). The quantitative estimate of drug-likeness (QED) is 0.504. The number of halogens is 1. The molecule has 1 fully saturated rings. The molecule has 2 nitrogen and oxygen atoms in total. The molecule has 3 heteroatoms. The number of nitrogens with two attached hydrogens (primary N) is 1. The Morgan fingerprint density at radius 1 is 1.62 bits per heavy atom. The highest BCUT2D eigenvalue weighted by atomic mass is 35.5. The molecule has 50 valence electrons. The summed E-state index contributed by atoms with van der Waals surface area (Å²) in [7, 11) is 0. The van der Waals surface area contributed by atoms with Crippen LogP contribution in [0.2, 0.25) is 0 Å². The van der Waals surface area contributed by atoms with E-state index in [1.807, 2.05) is 6.92 Å². The summed E-state index contributed by atoms with van der Waals surface area (Å²) in [4.78, 5) is 0. The zero-order valence-corrected chi connectivity index (χ0v) is 5.74. The molecule has 0 heterocycles. The first kappa shape index (κ1) is 8.21. The van der Waals surface area contributed by atoms with E-state index in [4.69, 9.17) is 10.8 Å². The van der Waals surface area contributed by atoms with E-state index in [0.717, 1.165) is 12.8 Å². The van der Waals surface area contributed by atoms with Crippen molar-refractivity contribution in [3.05, 3.63) is 0 Å². The third-order valence-corrected chi connectivity index (χ3v) is 1.40. The number of rotatable bonds is 0. The zero-order valence-electron chi connectivity index (χ0n) is 4.92. The van der Waals surface area contributed by atoms with Crippen LogP contribution in [0.25, 0.3) is 0 Å². The molecule has 0 aromatic heterocycles. The van der Waals surface area contributed by atoms with Crippen LogP contribution in [0.3, 0.4) is 0 Å². The molecule has 0 bridgehead atoms. The largest absolute Gasteiger partial charge is 0.393 e. The lowest BCUT2D eigenvalue weighted by atomic mass is 9.77. The molecule has 0 saturated heterocycles. The lowest BCUT2D eigenvalue weighted by molar-refractivity contribution is 0.0323. The van der Waals surface area contributed by atoms with E-state index in [2.05, 4.69) is 0 Å². The zero-order chi connectivity index (χ0) is 5.49. The first-order valence-electron chi connectivity index (χ1n) is 2.57. The van der Waals surface area contributed by atoms with Crippen molar-refractivity contribution < 1.29 is 5.11 Å². The summed E-state index contributed by atoms with van der Waals surface area (Å²) in [5.41, 5.74) is 5.50. The predicted molar refractivity (Wildman–Crippen MR) is 35.1 cm³/mol. The Labute approximate surface area is 55.5 Å². The van der Waals surface area contributed by atoms with E-state index >= 15 is 0 Å². The van der Waals surface area contributed by atoms with Gasteiger partial charge in [-0.3, -0.25) is 0 Å². The fourth-order valence-corrected chi connectivity index (χ4v) is 1.02. The predicted octanol–water partition coefficient (Wildman–Crippen LogP) is 0.280. The van der Waals surface area contributed by atoms with E-state index in [-0.39, 0.29) is 24.0 Å².